The van der Waals surface area contributed by atoms with E-state index in [2.05, 4.69) is 4.98 Å². The smallest absolute Gasteiger partial charge is 0.337 e. The van der Waals surface area contributed by atoms with Crippen LogP contribution in [0.15, 0.2) is 48.7 Å². The first-order valence-corrected chi connectivity index (χ1v) is 11.5. The standard InChI is InChI=1S/C27H24ClF3N2O3/c1-14-22(24(26(34)35)36-27(2,3)4)23(16-6-8-19(29)18(28)12-16)17-9-10-33(25(17)32-14)13-15-5-7-20(30)21(31)11-15/h5-12,24H,13H2,1-4H3,(H,34,35). The molecule has 0 spiro atoms. The molecule has 0 bridgehead atoms. The zero-order valence-corrected chi connectivity index (χ0v) is 20.8. The van der Waals surface area contributed by atoms with Crippen molar-refractivity contribution in [3.05, 3.63) is 88.0 Å². The Labute approximate surface area is 211 Å². The molecule has 0 aliphatic heterocycles. The maximum Gasteiger partial charge on any atom is 0.337 e. The molecule has 9 heteroatoms. The van der Waals surface area contributed by atoms with Crippen molar-refractivity contribution in [1.82, 2.24) is 9.55 Å². The number of carbonyl (C=O) groups is 1. The van der Waals surface area contributed by atoms with Gasteiger partial charge in [-0.25, -0.2) is 22.9 Å². The summed E-state index contributed by atoms with van der Waals surface area (Å²) in [4.78, 5) is 17.0. The lowest BCUT2D eigenvalue weighted by atomic mass is 9.92. The molecule has 36 heavy (non-hydrogen) atoms. The van der Waals surface area contributed by atoms with Crippen LogP contribution in [0.5, 0.6) is 0 Å². The zero-order chi connectivity index (χ0) is 26.4. The first kappa shape index (κ1) is 25.7. The van der Waals surface area contributed by atoms with Crippen molar-refractivity contribution in [2.24, 2.45) is 0 Å². The first-order valence-electron chi connectivity index (χ1n) is 11.1. The van der Waals surface area contributed by atoms with Gasteiger partial charge in [-0.05, 0) is 69.2 Å². The van der Waals surface area contributed by atoms with E-state index in [0.717, 1.165) is 12.1 Å². The number of carboxylic acid groups (broad SMARTS) is 1. The number of hydrogen-bond acceptors (Lipinski definition) is 3. The highest BCUT2D eigenvalue weighted by Gasteiger charge is 2.33. The molecule has 0 saturated heterocycles. The van der Waals surface area contributed by atoms with Crippen LogP contribution < -0.4 is 0 Å². The Morgan fingerprint density at radius 1 is 1.08 bits per heavy atom. The van der Waals surface area contributed by atoms with Gasteiger partial charge in [-0.2, -0.15) is 0 Å². The van der Waals surface area contributed by atoms with E-state index in [1.54, 1.807) is 44.5 Å². The van der Waals surface area contributed by atoms with Crippen molar-refractivity contribution in [1.29, 1.82) is 0 Å². The van der Waals surface area contributed by atoms with Crippen molar-refractivity contribution in [3.8, 4) is 11.1 Å². The number of fused-ring (bicyclic) bond motifs is 1. The molecular formula is C27H24ClF3N2O3. The number of aromatic nitrogens is 2. The molecule has 2 heterocycles. The van der Waals surface area contributed by atoms with Crippen LogP contribution in [0.3, 0.4) is 0 Å². The van der Waals surface area contributed by atoms with Crippen LogP contribution in [0.2, 0.25) is 5.02 Å². The van der Waals surface area contributed by atoms with E-state index in [-0.39, 0.29) is 11.6 Å². The van der Waals surface area contributed by atoms with Crippen LogP contribution in [-0.2, 0) is 16.1 Å². The van der Waals surface area contributed by atoms with Gasteiger partial charge in [0.15, 0.2) is 17.7 Å². The summed E-state index contributed by atoms with van der Waals surface area (Å²) < 4.78 is 48.8. The van der Waals surface area contributed by atoms with Gasteiger partial charge in [-0.15, -0.1) is 0 Å². The third kappa shape index (κ3) is 5.10. The van der Waals surface area contributed by atoms with E-state index in [9.17, 15) is 23.1 Å². The normalized spacial score (nSPS) is 12.8. The minimum absolute atomic E-state index is 0.120. The van der Waals surface area contributed by atoms with E-state index in [1.165, 1.54) is 24.3 Å². The third-order valence-electron chi connectivity index (χ3n) is 5.64. The molecule has 0 aliphatic rings. The zero-order valence-electron chi connectivity index (χ0n) is 20.1. The summed E-state index contributed by atoms with van der Waals surface area (Å²) in [5.74, 6) is -3.71. The fourth-order valence-electron chi connectivity index (χ4n) is 4.16. The van der Waals surface area contributed by atoms with Gasteiger partial charge in [0.25, 0.3) is 0 Å². The Hall–Kier alpha value is -3.36. The number of aryl methyl sites for hydroxylation is 1. The molecule has 1 N–H and O–H groups in total. The summed E-state index contributed by atoms with van der Waals surface area (Å²) in [7, 11) is 0. The molecule has 0 aliphatic carbocycles. The molecule has 188 valence electrons. The predicted molar refractivity (Wildman–Crippen MR) is 132 cm³/mol. The third-order valence-corrected chi connectivity index (χ3v) is 5.93. The van der Waals surface area contributed by atoms with Crippen LogP contribution in [-0.4, -0.2) is 26.2 Å². The summed E-state index contributed by atoms with van der Waals surface area (Å²) in [5, 5.41) is 10.5. The second kappa shape index (κ2) is 9.59. The van der Waals surface area contributed by atoms with E-state index >= 15 is 0 Å². The number of nitrogens with zero attached hydrogens (tertiary/aromatic N) is 2. The van der Waals surface area contributed by atoms with E-state index in [0.29, 0.717) is 39.0 Å². The number of pyridine rings is 1. The van der Waals surface area contributed by atoms with Crippen molar-refractivity contribution in [3.63, 3.8) is 0 Å². The summed E-state index contributed by atoms with van der Waals surface area (Å²) in [6, 6.07) is 9.54. The number of benzene rings is 2. The van der Waals surface area contributed by atoms with Crippen LogP contribution in [0.1, 0.15) is 43.7 Å². The largest absolute Gasteiger partial charge is 0.479 e. The van der Waals surface area contributed by atoms with Crippen LogP contribution in [0.4, 0.5) is 13.2 Å². The van der Waals surface area contributed by atoms with E-state index in [1.807, 2.05) is 0 Å². The molecule has 1 atom stereocenters. The highest BCUT2D eigenvalue weighted by molar-refractivity contribution is 6.31. The molecule has 4 aromatic rings. The number of halogens is 4. The topological polar surface area (TPSA) is 64.4 Å². The number of ether oxygens (including phenoxy) is 1. The Balaban J connectivity index is 1.98. The molecule has 5 nitrogen and oxygen atoms in total. The highest BCUT2D eigenvalue weighted by atomic mass is 35.5. The lowest BCUT2D eigenvalue weighted by molar-refractivity contribution is -0.160. The molecule has 4 rings (SSSR count). The van der Waals surface area contributed by atoms with Crippen LogP contribution in [0.25, 0.3) is 22.2 Å². The molecular weight excluding hydrogens is 493 g/mol. The maximum absolute atomic E-state index is 14.0. The second-order valence-corrected chi connectivity index (χ2v) is 9.90. The maximum atomic E-state index is 14.0. The van der Waals surface area contributed by atoms with Gasteiger partial charge in [0.1, 0.15) is 11.5 Å². The summed E-state index contributed by atoms with van der Waals surface area (Å²) >= 11 is 6.09. The Morgan fingerprint density at radius 3 is 2.39 bits per heavy atom. The highest BCUT2D eigenvalue weighted by Crippen LogP contribution is 2.40. The van der Waals surface area contributed by atoms with Crippen molar-refractivity contribution in [2.45, 2.75) is 45.9 Å². The number of rotatable bonds is 6. The molecule has 2 aromatic heterocycles. The van der Waals surface area contributed by atoms with Gasteiger partial charge in [0.2, 0.25) is 0 Å². The lowest BCUT2D eigenvalue weighted by Gasteiger charge is -2.28. The molecule has 0 amide bonds. The fraction of sp³-hybridized carbons (Fsp3) is 0.259. The first-order chi connectivity index (χ1) is 16.9. The van der Waals surface area contributed by atoms with Crippen molar-refractivity contribution in [2.75, 3.05) is 0 Å². The van der Waals surface area contributed by atoms with Gasteiger partial charge < -0.3 is 14.4 Å². The number of hydrogen-bond donors (Lipinski definition) is 1. The fourth-order valence-corrected chi connectivity index (χ4v) is 4.34. The summed E-state index contributed by atoms with van der Waals surface area (Å²) in [6.45, 7) is 7.10. The Bertz CT molecular complexity index is 1480. The molecule has 1 unspecified atom stereocenters. The van der Waals surface area contributed by atoms with E-state index < -0.39 is 35.1 Å². The van der Waals surface area contributed by atoms with Gasteiger partial charge in [0.05, 0.1) is 10.6 Å². The quantitative estimate of drug-likeness (QED) is 0.297. The summed E-state index contributed by atoms with van der Waals surface area (Å²) in [5.41, 5.74) is 1.89. The van der Waals surface area contributed by atoms with E-state index in [4.69, 9.17) is 16.3 Å². The van der Waals surface area contributed by atoms with Gasteiger partial charge >= 0.3 is 5.97 Å². The van der Waals surface area contributed by atoms with Crippen LogP contribution in [0, 0.1) is 24.4 Å². The average molecular weight is 517 g/mol. The molecule has 0 saturated carbocycles. The Morgan fingerprint density at radius 2 is 1.78 bits per heavy atom. The van der Waals surface area contributed by atoms with Crippen LogP contribution >= 0.6 is 11.6 Å². The van der Waals surface area contributed by atoms with Gasteiger partial charge in [0, 0.05) is 34.9 Å². The lowest BCUT2D eigenvalue weighted by Crippen LogP contribution is -2.28. The minimum atomic E-state index is -1.37. The number of aliphatic carboxylic acids is 1. The second-order valence-electron chi connectivity index (χ2n) is 9.49. The van der Waals surface area contributed by atoms with Gasteiger partial charge in [-0.3, -0.25) is 0 Å². The van der Waals surface area contributed by atoms with Crippen molar-refractivity contribution < 1.29 is 27.8 Å². The van der Waals surface area contributed by atoms with Gasteiger partial charge in [-0.1, -0.05) is 23.7 Å². The monoisotopic (exact) mass is 516 g/mol. The molecule has 2 aromatic carbocycles. The average Bonchev–Trinajstić information content (AvgIpc) is 3.17. The van der Waals surface area contributed by atoms with Crippen molar-refractivity contribution >= 4 is 28.6 Å². The summed E-state index contributed by atoms with van der Waals surface area (Å²) in [6.07, 6.45) is 0.354. The predicted octanol–water partition coefficient (Wildman–Crippen LogP) is 7.07. The minimum Gasteiger partial charge on any atom is -0.479 e. The SMILES string of the molecule is Cc1nc2c(ccn2Cc2ccc(F)c(F)c2)c(-c2ccc(F)c(Cl)c2)c1C(OC(C)(C)C)C(=O)O. The molecule has 0 fully saturated rings. The molecule has 0 radical (unpaired) electrons. The number of carboxylic acids is 1. The Kier molecular flexibility index (Phi) is 6.86.